The lowest BCUT2D eigenvalue weighted by atomic mass is 10.1. The smallest absolute Gasteiger partial charge is 0.387 e. The lowest BCUT2D eigenvalue weighted by molar-refractivity contribution is -0.0504. The van der Waals surface area contributed by atoms with E-state index in [1.807, 2.05) is 35.2 Å². The van der Waals surface area contributed by atoms with Crippen LogP contribution in [0.5, 0.6) is 5.75 Å². The molecule has 0 fully saturated rings. The lowest BCUT2D eigenvalue weighted by Crippen LogP contribution is -2.30. The van der Waals surface area contributed by atoms with E-state index in [-0.39, 0.29) is 5.75 Å². The van der Waals surface area contributed by atoms with Crippen LogP contribution in [0.1, 0.15) is 12.5 Å². The zero-order valence-electron chi connectivity index (χ0n) is 12.6. The molecule has 0 radical (unpaired) electrons. The highest BCUT2D eigenvalue weighted by Gasteiger charge is 2.15. The summed E-state index contributed by atoms with van der Waals surface area (Å²) in [6.45, 7) is -0.467. The van der Waals surface area contributed by atoms with E-state index in [1.165, 1.54) is 6.07 Å². The molecule has 0 heterocycles. The molecule has 1 unspecified atom stereocenters. The number of aliphatic hydroxyl groups is 1. The van der Waals surface area contributed by atoms with E-state index in [9.17, 15) is 13.9 Å². The molecule has 0 aromatic heterocycles. The molecule has 0 saturated heterocycles. The Morgan fingerprint density at radius 1 is 1.17 bits per heavy atom. The highest BCUT2D eigenvalue weighted by atomic mass is 79.9. The van der Waals surface area contributed by atoms with Gasteiger partial charge in [-0.05, 0) is 37.3 Å². The van der Waals surface area contributed by atoms with Crippen LogP contribution >= 0.6 is 15.9 Å². The highest BCUT2D eigenvalue weighted by Crippen LogP contribution is 2.28. The van der Waals surface area contributed by atoms with Crippen molar-refractivity contribution < 1.29 is 18.6 Å². The van der Waals surface area contributed by atoms with Crippen molar-refractivity contribution in [1.29, 1.82) is 0 Å². The van der Waals surface area contributed by atoms with E-state index in [2.05, 4.69) is 20.7 Å². The maximum atomic E-state index is 12.6. The highest BCUT2D eigenvalue weighted by molar-refractivity contribution is 9.10. The Bertz CT molecular complexity index is 623. The third kappa shape index (κ3) is 5.48. The summed E-state index contributed by atoms with van der Waals surface area (Å²) in [6.07, 6.45) is -0.554. The summed E-state index contributed by atoms with van der Waals surface area (Å²) in [5.41, 5.74) is 1.51. The van der Waals surface area contributed by atoms with Gasteiger partial charge >= 0.3 is 6.61 Å². The van der Waals surface area contributed by atoms with Crippen LogP contribution in [0.25, 0.3) is 0 Å². The van der Waals surface area contributed by atoms with Crippen LogP contribution in [0.15, 0.2) is 53.0 Å². The summed E-state index contributed by atoms with van der Waals surface area (Å²) in [7, 11) is 0. The number of ether oxygens (including phenoxy) is 1. The molecule has 0 aliphatic rings. The Kier molecular flexibility index (Phi) is 6.36. The first-order valence-corrected chi connectivity index (χ1v) is 7.96. The number of aliphatic hydroxyl groups excluding tert-OH is 1. The number of para-hydroxylation sites is 1. The van der Waals surface area contributed by atoms with Gasteiger partial charge < -0.3 is 14.7 Å². The number of anilines is 1. The molecule has 3 nitrogen and oxygen atoms in total. The van der Waals surface area contributed by atoms with Crippen molar-refractivity contribution in [1.82, 2.24) is 0 Å². The molecular formula is C17H18BrF2NO2. The van der Waals surface area contributed by atoms with Crippen LogP contribution in [0.2, 0.25) is 0 Å². The first kappa shape index (κ1) is 17.7. The standard InChI is InChI=1S/C17H18BrF2NO2/c1-12(22)10-21(15-5-3-2-4-6-15)11-13-9-14(18)7-8-16(13)23-17(19)20/h2-9,12,17,22H,10-11H2,1H3. The summed E-state index contributed by atoms with van der Waals surface area (Å²) in [5.74, 6) is 0.134. The maximum Gasteiger partial charge on any atom is 0.387 e. The Morgan fingerprint density at radius 2 is 1.87 bits per heavy atom. The number of rotatable bonds is 7. The Balaban J connectivity index is 2.30. The first-order chi connectivity index (χ1) is 11.0. The molecule has 1 N–H and O–H groups in total. The van der Waals surface area contributed by atoms with Gasteiger partial charge in [0.25, 0.3) is 0 Å². The van der Waals surface area contributed by atoms with Gasteiger partial charge in [0.15, 0.2) is 0 Å². The SMILES string of the molecule is CC(O)CN(Cc1cc(Br)ccc1OC(F)F)c1ccccc1. The van der Waals surface area contributed by atoms with Crippen molar-refractivity contribution in [3.8, 4) is 5.75 Å². The second-order valence-electron chi connectivity index (χ2n) is 5.20. The van der Waals surface area contributed by atoms with Gasteiger partial charge in [-0.2, -0.15) is 8.78 Å². The molecule has 0 aliphatic carbocycles. The monoisotopic (exact) mass is 385 g/mol. The van der Waals surface area contributed by atoms with Crippen molar-refractivity contribution in [2.45, 2.75) is 26.2 Å². The zero-order valence-corrected chi connectivity index (χ0v) is 14.2. The Hall–Kier alpha value is -1.66. The van der Waals surface area contributed by atoms with E-state index in [1.54, 1.807) is 19.1 Å². The third-order valence-electron chi connectivity index (χ3n) is 3.21. The van der Waals surface area contributed by atoms with Gasteiger partial charge in [0.1, 0.15) is 5.75 Å². The van der Waals surface area contributed by atoms with Gasteiger partial charge in [-0.3, -0.25) is 0 Å². The molecule has 0 saturated carbocycles. The summed E-state index contributed by atoms with van der Waals surface area (Å²) >= 11 is 3.35. The number of alkyl halides is 2. The number of hydrogen-bond donors (Lipinski definition) is 1. The fraction of sp³-hybridized carbons (Fsp3) is 0.294. The predicted molar refractivity (Wildman–Crippen MR) is 89.9 cm³/mol. The molecule has 6 heteroatoms. The Labute approximate surface area is 142 Å². The van der Waals surface area contributed by atoms with Gasteiger partial charge in [-0.25, -0.2) is 0 Å². The zero-order chi connectivity index (χ0) is 16.8. The molecule has 0 aliphatic heterocycles. The molecule has 0 amide bonds. The largest absolute Gasteiger partial charge is 0.434 e. The van der Waals surface area contributed by atoms with Crippen LogP contribution in [0, 0.1) is 0 Å². The van der Waals surface area contributed by atoms with Crippen molar-refractivity contribution in [2.75, 3.05) is 11.4 Å². The van der Waals surface area contributed by atoms with Crippen LogP contribution in [-0.2, 0) is 6.54 Å². The lowest BCUT2D eigenvalue weighted by Gasteiger charge is -2.27. The Morgan fingerprint density at radius 3 is 2.48 bits per heavy atom. The van der Waals surface area contributed by atoms with Gasteiger partial charge in [-0.1, -0.05) is 34.1 Å². The van der Waals surface area contributed by atoms with Crippen molar-refractivity contribution in [3.63, 3.8) is 0 Å². The first-order valence-electron chi connectivity index (χ1n) is 7.17. The van der Waals surface area contributed by atoms with Crippen molar-refractivity contribution >= 4 is 21.6 Å². The topological polar surface area (TPSA) is 32.7 Å². The molecule has 1 atom stereocenters. The van der Waals surface area contributed by atoms with E-state index in [4.69, 9.17) is 0 Å². The minimum atomic E-state index is -2.88. The second kappa shape index (κ2) is 8.26. The van der Waals surface area contributed by atoms with Gasteiger partial charge in [-0.15, -0.1) is 0 Å². The molecule has 23 heavy (non-hydrogen) atoms. The second-order valence-corrected chi connectivity index (χ2v) is 6.11. The fourth-order valence-corrected chi connectivity index (χ4v) is 2.72. The van der Waals surface area contributed by atoms with Gasteiger partial charge in [0.2, 0.25) is 0 Å². The van der Waals surface area contributed by atoms with Crippen molar-refractivity contribution in [2.24, 2.45) is 0 Å². The maximum absolute atomic E-state index is 12.6. The number of hydrogen-bond acceptors (Lipinski definition) is 3. The number of halogens is 3. The van der Waals surface area contributed by atoms with Gasteiger partial charge in [0.05, 0.1) is 6.10 Å². The van der Waals surface area contributed by atoms with Crippen LogP contribution in [0.3, 0.4) is 0 Å². The normalized spacial score (nSPS) is 12.3. The number of benzene rings is 2. The average Bonchev–Trinajstić information content (AvgIpc) is 2.49. The molecule has 2 rings (SSSR count). The van der Waals surface area contributed by atoms with Crippen LogP contribution < -0.4 is 9.64 Å². The fourth-order valence-electron chi connectivity index (χ4n) is 2.31. The molecule has 124 valence electrons. The van der Waals surface area contributed by atoms with E-state index >= 15 is 0 Å². The molecular weight excluding hydrogens is 368 g/mol. The van der Waals surface area contributed by atoms with E-state index < -0.39 is 12.7 Å². The van der Waals surface area contributed by atoms with Crippen LogP contribution in [-0.4, -0.2) is 24.4 Å². The summed E-state index contributed by atoms with van der Waals surface area (Å²) in [4.78, 5) is 1.92. The summed E-state index contributed by atoms with van der Waals surface area (Å²) in [6, 6.07) is 14.4. The van der Waals surface area contributed by atoms with Gasteiger partial charge in [0, 0.05) is 28.8 Å². The van der Waals surface area contributed by atoms with Crippen LogP contribution in [0.4, 0.5) is 14.5 Å². The molecule has 0 bridgehead atoms. The van der Waals surface area contributed by atoms with E-state index in [0.29, 0.717) is 18.7 Å². The molecule has 0 spiro atoms. The molecule has 2 aromatic rings. The predicted octanol–water partition coefficient (Wildman–Crippen LogP) is 4.44. The molecule has 2 aromatic carbocycles. The minimum Gasteiger partial charge on any atom is -0.434 e. The van der Waals surface area contributed by atoms with E-state index in [0.717, 1.165) is 10.2 Å². The number of nitrogens with zero attached hydrogens (tertiary/aromatic N) is 1. The third-order valence-corrected chi connectivity index (χ3v) is 3.70. The quantitative estimate of drug-likeness (QED) is 0.764. The van der Waals surface area contributed by atoms with Crippen molar-refractivity contribution in [3.05, 3.63) is 58.6 Å². The summed E-state index contributed by atoms with van der Waals surface area (Å²) < 4.78 is 30.5. The minimum absolute atomic E-state index is 0.134. The summed E-state index contributed by atoms with van der Waals surface area (Å²) in [5, 5.41) is 9.73. The average molecular weight is 386 g/mol.